The first-order valence-corrected chi connectivity index (χ1v) is 20.8. The molecule has 360 valence electrons. The zero-order valence-corrected chi connectivity index (χ0v) is 37.5. The molecule has 67 heavy (non-hydrogen) atoms. The number of aromatic hydroxyl groups is 3. The number of ether oxygens (including phenoxy) is 11. The minimum atomic E-state index is -1.86. The fourth-order valence-electron chi connectivity index (χ4n) is 7.78. The van der Waals surface area contributed by atoms with Gasteiger partial charge in [0, 0.05) is 24.7 Å². The molecule has 0 aromatic heterocycles. The van der Waals surface area contributed by atoms with E-state index in [1.54, 1.807) is 24.3 Å². The SMILES string of the molecule is COc1cc(C=CC(=O)OCC2OC(Oc3c(OC)cc(CC4COC(c5cc(OC)c(O)c(OC)c5)C4CO)cc3OC)C(O)C(O)C2OC(=O)C=Cc2ccc(O)c(OC)c2)ccc1O. The van der Waals surface area contributed by atoms with Crippen LogP contribution in [0.25, 0.3) is 12.2 Å². The molecule has 2 fully saturated rings. The average Bonchev–Trinajstić information content (AvgIpc) is 3.75. The van der Waals surface area contributed by atoms with Crippen molar-refractivity contribution in [3.8, 4) is 57.5 Å². The zero-order valence-electron chi connectivity index (χ0n) is 37.5. The minimum Gasteiger partial charge on any atom is -0.504 e. The molecule has 0 saturated carbocycles. The number of aliphatic hydroxyl groups is 3. The number of benzene rings is 4. The lowest BCUT2D eigenvalue weighted by Gasteiger charge is -2.41. The maximum Gasteiger partial charge on any atom is 0.331 e. The van der Waals surface area contributed by atoms with Crippen LogP contribution in [0.5, 0.6) is 57.5 Å². The minimum absolute atomic E-state index is 0.0294. The normalized spacial score (nSPS) is 22.6. The Kier molecular flexibility index (Phi) is 16.7. The third-order valence-electron chi connectivity index (χ3n) is 11.3. The van der Waals surface area contributed by atoms with Gasteiger partial charge in [-0.05, 0) is 95.3 Å². The second-order valence-electron chi connectivity index (χ2n) is 15.4. The summed E-state index contributed by atoms with van der Waals surface area (Å²) in [5.41, 5.74) is 2.30. The van der Waals surface area contributed by atoms with Gasteiger partial charge < -0.3 is 82.7 Å². The van der Waals surface area contributed by atoms with Crippen molar-refractivity contribution in [2.75, 3.05) is 62.5 Å². The molecule has 6 N–H and O–H groups in total. The van der Waals surface area contributed by atoms with E-state index >= 15 is 0 Å². The number of hydrogen-bond acceptors (Lipinski definition) is 19. The number of phenolic OH excluding ortho intramolecular Hbond substituents is 3. The number of methoxy groups -OCH3 is 6. The van der Waals surface area contributed by atoms with Gasteiger partial charge in [-0.15, -0.1) is 0 Å². The topological polar surface area (TPSA) is 257 Å². The summed E-state index contributed by atoms with van der Waals surface area (Å²) in [7, 11) is 8.35. The second-order valence-corrected chi connectivity index (χ2v) is 15.4. The largest absolute Gasteiger partial charge is 0.504 e. The zero-order chi connectivity index (χ0) is 48.4. The van der Waals surface area contributed by atoms with E-state index in [0.717, 1.165) is 12.2 Å². The van der Waals surface area contributed by atoms with E-state index in [9.17, 15) is 40.2 Å². The van der Waals surface area contributed by atoms with Gasteiger partial charge in [0.15, 0.2) is 52.1 Å². The Balaban J connectivity index is 1.22. The number of hydrogen-bond donors (Lipinski definition) is 6. The predicted octanol–water partition coefficient (Wildman–Crippen LogP) is 4.10. The molecular formula is C48H54O19. The lowest BCUT2D eigenvalue weighted by Crippen LogP contribution is -2.61. The van der Waals surface area contributed by atoms with E-state index < -0.39 is 55.4 Å². The highest BCUT2D eigenvalue weighted by Gasteiger charge is 2.49. The highest BCUT2D eigenvalue weighted by Crippen LogP contribution is 2.47. The Morgan fingerprint density at radius 1 is 0.687 bits per heavy atom. The molecule has 4 aromatic rings. The maximum absolute atomic E-state index is 13.2. The summed E-state index contributed by atoms with van der Waals surface area (Å²) in [6.07, 6.45) is -3.67. The molecular weight excluding hydrogens is 881 g/mol. The predicted molar refractivity (Wildman–Crippen MR) is 237 cm³/mol. The quantitative estimate of drug-likeness (QED) is 0.0571. The number of carbonyl (C=O) groups is 2. The molecule has 2 aliphatic rings. The Morgan fingerprint density at radius 2 is 1.22 bits per heavy atom. The summed E-state index contributed by atoms with van der Waals surface area (Å²) in [6.45, 7) is -0.559. The molecule has 19 nitrogen and oxygen atoms in total. The van der Waals surface area contributed by atoms with Crippen LogP contribution in [0.15, 0.2) is 72.8 Å². The summed E-state index contributed by atoms with van der Waals surface area (Å²) >= 11 is 0. The number of aliphatic hydroxyl groups excluding tert-OH is 3. The molecule has 19 heteroatoms. The van der Waals surface area contributed by atoms with E-state index in [0.29, 0.717) is 28.7 Å². The second kappa shape index (κ2) is 22.5. The molecule has 8 unspecified atom stereocenters. The summed E-state index contributed by atoms with van der Waals surface area (Å²) in [4.78, 5) is 26.1. The molecule has 0 bridgehead atoms. The molecule has 2 saturated heterocycles. The van der Waals surface area contributed by atoms with Crippen molar-refractivity contribution in [1.29, 1.82) is 0 Å². The maximum atomic E-state index is 13.2. The third-order valence-corrected chi connectivity index (χ3v) is 11.3. The number of esters is 2. The van der Waals surface area contributed by atoms with Crippen molar-refractivity contribution in [1.82, 2.24) is 0 Å². The fourth-order valence-corrected chi connectivity index (χ4v) is 7.78. The van der Waals surface area contributed by atoms with Crippen LogP contribution in [0.3, 0.4) is 0 Å². The van der Waals surface area contributed by atoms with Crippen molar-refractivity contribution in [2.24, 2.45) is 11.8 Å². The van der Waals surface area contributed by atoms with Crippen LogP contribution in [-0.2, 0) is 35.0 Å². The van der Waals surface area contributed by atoms with Gasteiger partial charge in [-0.1, -0.05) is 12.1 Å². The monoisotopic (exact) mass is 934 g/mol. The smallest absolute Gasteiger partial charge is 0.331 e. The Hall–Kier alpha value is -6.90. The summed E-state index contributed by atoms with van der Waals surface area (Å²) in [6, 6.07) is 15.4. The van der Waals surface area contributed by atoms with Gasteiger partial charge in [0.1, 0.15) is 24.9 Å². The van der Waals surface area contributed by atoms with Gasteiger partial charge in [-0.25, -0.2) is 9.59 Å². The van der Waals surface area contributed by atoms with Crippen LogP contribution in [0.4, 0.5) is 0 Å². The van der Waals surface area contributed by atoms with E-state index in [1.807, 2.05) is 0 Å². The van der Waals surface area contributed by atoms with Crippen LogP contribution < -0.4 is 33.2 Å². The average molecular weight is 935 g/mol. The molecule has 0 amide bonds. The summed E-state index contributed by atoms with van der Waals surface area (Å²) in [5.74, 6) is -1.81. The molecule has 8 atom stereocenters. The van der Waals surface area contributed by atoms with E-state index in [4.69, 9.17) is 52.1 Å². The molecule has 0 aliphatic carbocycles. The van der Waals surface area contributed by atoms with Gasteiger partial charge in [0.05, 0.1) is 55.4 Å². The standard InChI is InChI=1S/C48H54O19/c1-57-33-16-25(7-11-31(33)50)9-13-40(52)63-24-39-47(66-41(53)14-10-26-8-12-32(51)34(17-26)58-2)43(55)44(56)48(65-39)67-46-37(61-5)18-27(19-38(46)62-6)15-29-23-64-45(30(29)22-49)28-20-35(59-3)42(54)36(21-28)60-4/h7-14,16-21,29-30,39,43-45,47-51,54-56H,15,22-24H2,1-6H3. The Bertz CT molecular complexity index is 2360. The van der Waals surface area contributed by atoms with Crippen LogP contribution in [0.1, 0.15) is 28.4 Å². The van der Waals surface area contributed by atoms with Gasteiger partial charge in [-0.3, -0.25) is 0 Å². The first-order chi connectivity index (χ1) is 32.2. The lowest BCUT2D eigenvalue weighted by atomic mass is 9.84. The number of carbonyl (C=O) groups excluding carboxylic acids is 2. The molecule has 4 aromatic carbocycles. The first kappa shape index (κ1) is 49.5. The highest BCUT2D eigenvalue weighted by molar-refractivity contribution is 5.88. The van der Waals surface area contributed by atoms with Gasteiger partial charge in [0.25, 0.3) is 0 Å². The summed E-state index contributed by atoms with van der Waals surface area (Å²) in [5, 5.41) is 63.8. The fraction of sp³-hybridized carbons (Fsp3) is 0.375. The van der Waals surface area contributed by atoms with Crippen molar-refractivity contribution in [3.05, 3.63) is 95.1 Å². The lowest BCUT2D eigenvalue weighted by molar-refractivity contribution is -0.281. The van der Waals surface area contributed by atoms with Crippen LogP contribution in [0.2, 0.25) is 0 Å². The molecule has 0 spiro atoms. The van der Waals surface area contributed by atoms with Gasteiger partial charge >= 0.3 is 11.9 Å². The van der Waals surface area contributed by atoms with Crippen molar-refractivity contribution in [2.45, 2.75) is 43.2 Å². The molecule has 0 radical (unpaired) electrons. The molecule has 6 rings (SSSR count). The summed E-state index contributed by atoms with van der Waals surface area (Å²) < 4.78 is 61.9. The molecule has 2 aliphatic heterocycles. The van der Waals surface area contributed by atoms with Crippen LogP contribution >= 0.6 is 0 Å². The van der Waals surface area contributed by atoms with E-state index in [2.05, 4.69) is 0 Å². The highest BCUT2D eigenvalue weighted by atomic mass is 16.7. The van der Waals surface area contributed by atoms with Gasteiger partial charge in [0.2, 0.25) is 17.8 Å². The van der Waals surface area contributed by atoms with Crippen LogP contribution in [-0.4, -0.2) is 136 Å². The Labute approximate surface area is 385 Å². The van der Waals surface area contributed by atoms with Gasteiger partial charge in [-0.2, -0.15) is 0 Å². The first-order valence-electron chi connectivity index (χ1n) is 20.8. The Morgan fingerprint density at radius 3 is 1.75 bits per heavy atom. The van der Waals surface area contributed by atoms with Crippen molar-refractivity contribution < 1.29 is 92.3 Å². The van der Waals surface area contributed by atoms with Crippen molar-refractivity contribution >= 4 is 24.1 Å². The van der Waals surface area contributed by atoms with E-state index in [1.165, 1.54) is 91.2 Å². The number of phenols is 3. The number of rotatable bonds is 19. The third kappa shape index (κ3) is 11.6. The van der Waals surface area contributed by atoms with Crippen molar-refractivity contribution in [3.63, 3.8) is 0 Å². The van der Waals surface area contributed by atoms with Crippen LogP contribution in [0, 0.1) is 11.8 Å². The van der Waals surface area contributed by atoms with E-state index in [-0.39, 0.29) is 82.5 Å². The molecule has 2 heterocycles.